The molecule has 0 spiro atoms. The minimum absolute atomic E-state index is 0.290. The van der Waals surface area contributed by atoms with Crippen LogP contribution in [0.3, 0.4) is 0 Å². The van der Waals surface area contributed by atoms with E-state index in [0.717, 1.165) is 45.5 Å². The fraction of sp³-hybridized carbons (Fsp3) is 0.0357. The molecule has 340 valence electrons. The molecule has 0 saturated heterocycles. The largest absolute Gasteiger partial charge is 0.423 e. The fourth-order valence-electron chi connectivity index (χ4n) is 5.49. The summed E-state index contributed by atoms with van der Waals surface area (Å²) < 4.78 is 30.8. The first-order valence-electron chi connectivity index (χ1n) is 20.5. The molecule has 0 N–H and O–H groups in total. The van der Waals surface area contributed by atoms with Gasteiger partial charge in [-0.15, -0.1) is 0 Å². The van der Waals surface area contributed by atoms with Gasteiger partial charge in [-0.25, -0.2) is 28.8 Å². The Morgan fingerprint density at radius 1 is 0.338 bits per heavy atom. The first kappa shape index (κ1) is 49.6. The van der Waals surface area contributed by atoms with Crippen LogP contribution in [0.5, 0.6) is 34.5 Å². The van der Waals surface area contributed by atoms with E-state index in [2.05, 4.69) is 26.3 Å². The summed E-state index contributed by atoms with van der Waals surface area (Å²) in [4.78, 5) is 69.7. The van der Waals surface area contributed by atoms with Gasteiger partial charge in [0.1, 0.15) is 34.5 Å². The molecule has 0 heterocycles. The van der Waals surface area contributed by atoms with Gasteiger partial charge in [0.15, 0.2) is 0 Å². The van der Waals surface area contributed by atoms with Crippen LogP contribution in [0.1, 0.15) is 25.0 Å². The molecular formula is C56H44O12. The summed E-state index contributed by atoms with van der Waals surface area (Å²) in [6.07, 6.45) is 8.11. The third kappa shape index (κ3) is 16.0. The number of hydrogen-bond acceptors (Lipinski definition) is 12. The number of esters is 6. The number of benzene rings is 6. The second-order valence-corrected chi connectivity index (χ2v) is 14.3. The maximum Gasteiger partial charge on any atom is 0.338 e. The van der Waals surface area contributed by atoms with E-state index >= 15 is 0 Å². The topological polar surface area (TPSA) is 158 Å². The smallest absolute Gasteiger partial charge is 0.338 e. The van der Waals surface area contributed by atoms with Crippen LogP contribution < -0.4 is 28.4 Å². The maximum absolute atomic E-state index is 12.1. The first-order chi connectivity index (χ1) is 32.7. The quantitative estimate of drug-likeness (QED) is 0.0515. The Labute approximate surface area is 393 Å². The van der Waals surface area contributed by atoms with Crippen molar-refractivity contribution in [3.8, 4) is 56.8 Å². The van der Waals surface area contributed by atoms with Gasteiger partial charge in [-0.2, -0.15) is 0 Å². The Kier molecular flexibility index (Phi) is 17.9. The van der Waals surface area contributed by atoms with Crippen LogP contribution in [0.25, 0.3) is 34.4 Å². The molecule has 12 nitrogen and oxygen atoms in total. The molecule has 0 atom stereocenters. The van der Waals surface area contributed by atoms with Crippen LogP contribution in [-0.4, -0.2) is 35.8 Å². The van der Waals surface area contributed by atoms with Gasteiger partial charge in [-0.1, -0.05) is 99.1 Å². The molecule has 0 aliphatic heterocycles. The molecule has 0 aromatic heterocycles. The summed E-state index contributed by atoms with van der Waals surface area (Å²) in [5, 5.41) is 0. The standard InChI is InChI=1S/C29H24O6.C27H20O6/c1-19(2)28(31)34-25-12-10-23(11-13-25)22-8-5-21(6-9-22)7-18-27(30)33-24-14-16-26(17-15-24)35-29(32)20(3)4;1-3-25(28)31-22-12-10-21(11-13-22)20-8-5-19(6-9-20)7-18-27(30)33-24-16-14-23(15-17-24)32-26(29)4-2/h5-18H,1,3H2,2,4H3;3-18H,1-2H2/b2*18-7+. The number of carbonyl (C=O) groups is 6. The van der Waals surface area contributed by atoms with E-state index in [0.29, 0.717) is 40.1 Å². The molecule has 0 aliphatic rings. The van der Waals surface area contributed by atoms with Crippen LogP contribution in [0, 0.1) is 0 Å². The summed E-state index contributed by atoms with van der Waals surface area (Å²) in [7, 11) is 0. The van der Waals surface area contributed by atoms with Gasteiger partial charge in [0.2, 0.25) is 0 Å². The zero-order chi connectivity index (χ0) is 49.0. The Balaban J connectivity index is 0.000000255. The Morgan fingerprint density at radius 2 is 0.559 bits per heavy atom. The van der Waals surface area contributed by atoms with E-state index in [-0.39, 0.29) is 5.57 Å². The predicted molar refractivity (Wildman–Crippen MR) is 259 cm³/mol. The van der Waals surface area contributed by atoms with Crippen molar-refractivity contribution < 1.29 is 57.2 Å². The number of rotatable bonds is 16. The van der Waals surface area contributed by atoms with Gasteiger partial charge >= 0.3 is 35.8 Å². The lowest BCUT2D eigenvalue weighted by molar-refractivity contribution is -0.131. The highest BCUT2D eigenvalue weighted by atomic mass is 16.6. The van der Waals surface area contributed by atoms with Crippen molar-refractivity contribution in [2.24, 2.45) is 0 Å². The lowest BCUT2D eigenvalue weighted by Gasteiger charge is -2.06. The van der Waals surface area contributed by atoms with Crippen molar-refractivity contribution in [3.05, 3.63) is 218 Å². The predicted octanol–water partition coefficient (Wildman–Crippen LogP) is 11.1. The lowest BCUT2D eigenvalue weighted by Crippen LogP contribution is -2.08. The van der Waals surface area contributed by atoms with Crippen LogP contribution in [0.15, 0.2) is 207 Å². The lowest BCUT2D eigenvalue weighted by atomic mass is 10.0. The zero-order valence-corrected chi connectivity index (χ0v) is 37.0. The van der Waals surface area contributed by atoms with Crippen molar-refractivity contribution >= 4 is 48.0 Å². The highest BCUT2D eigenvalue weighted by Gasteiger charge is 2.09. The summed E-state index contributed by atoms with van der Waals surface area (Å²) in [5.41, 5.74) is 6.10. The van der Waals surface area contributed by atoms with Crippen LogP contribution in [0.4, 0.5) is 0 Å². The van der Waals surface area contributed by atoms with Gasteiger partial charge in [0, 0.05) is 35.5 Å². The molecular weight excluding hydrogens is 865 g/mol. The zero-order valence-electron chi connectivity index (χ0n) is 37.0. The molecule has 0 amide bonds. The molecule has 0 unspecified atom stereocenters. The molecule has 0 aliphatic carbocycles. The van der Waals surface area contributed by atoms with Crippen LogP contribution in [-0.2, 0) is 28.8 Å². The van der Waals surface area contributed by atoms with Gasteiger partial charge in [-0.3, -0.25) is 0 Å². The molecule has 68 heavy (non-hydrogen) atoms. The molecule has 0 fully saturated rings. The highest BCUT2D eigenvalue weighted by molar-refractivity contribution is 5.91. The molecule has 6 aromatic carbocycles. The summed E-state index contributed by atoms with van der Waals surface area (Å²) in [5.74, 6) is -0.972. The van der Waals surface area contributed by atoms with Crippen LogP contribution in [0.2, 0.25) is 0 Å². The molecule has 6 rings (SSSR count). The highest BCUT2D eigenvalue weighted by Crippen LogP contribution is 2.26. The summed E-state index contributed by atoms with van der Waals surface area (Å²) in [6.45, 7) is 16.9. The number of ether oxygens (including phenoxy) is 6. The van der Waals surface area contributed by atoms with Crippen molar-refractivity contribution in [2.75, 3.05) is 0 Å². The van der Waals surface area contributed by atoms with E-state index in [1.807, 2.05) is 72.8 Å². The van der Waals surface area contributed by atoms with Gasteiger partial charge in [-0.05, 0) is 132 Å². The van der Waals surface area contributed by atoms with Gasteiger partial charge in [0.25, 0.3) is 0 Å². The Bertz CT molecular complexity index is 2870. The monoisotopic (exact) mass is 908 g/mol. The average molecular weight is 909 g/mol. The van der Waals surface area contributed by atoms with Gasteiger partial charge < -0.3 is 28.4 Å². The normalized spacial score (nSPS) is 10.4. The van der Waals surface area contributed by atoms with Crippen molar-refractivity contribution in [1.29, 1.82) is 0 Å². The van der Waals surface area contributed by atoms with E-state index in [4.69, 9.17) is 28.4 Å². The van der Waals surface area contributed by atoms with Crippen molar-refractivity contribution in [1.82, 2.24) is 0 Å². The summed E-state index contributed by atoms with van der Waals surface area (Å²) in [6, 6.07) is 41.6. The molecule has 0 bridgehead atoms. The number of hydrogen-bond donors (Lipinski definition) is 0. The Hall–Kier alpha value is -9.42. The van der Waals surface area contributed by atoms with Crippen LogP contribution >= 0.6 is 0 Å². The maximum atomic E-state index is 12.1. The second kappa shape index (κ2) is 24.6. The fourth-order valence-corrected chi connectivity index (χ4v) is 5.49. The van der Waals surface area contributed by atoms with Crippen molar-refractivity contribution in [3.63, 3.8) is 0 Å². The molecule has 0 saturated carbocycles. The Morgan fingerprint density at radius 3 is 0.809 bits per heavy atom. The van der Waals surface area contributed by atoms with E-state index in [9.17, 15) is 28.8 Å². The SMILES string of the molecule is C=C(C)C(=O)Oc1ccc(OC(=O)/C=C/c2ccc(-c3ccc(OC(=O)C(=C)C)cc3)cc2)cc1.C=CC(=O)Oc1ccc(OC(=O)/C=C/c2ccc(-c3ccc(OC(=O)C=C)cc3)cc2)cc1. The van der Waals surface area contributed by atoms with E-state index < -0.39 is 35.8 Å². The van der Waals surface area contributed by atoms with Crippen molar-refractivity contribution in [2.45, 2.75) is 13.8 Å². The minimum Gasteiger partial charge on any atom is -0.423 e. The minimum atomic E-state index is -0.570. The second-order valence-electron chi connectivity index (χ2n) is 14.3. The third-order valence-corrected chi connectivity index (χ3v) is 8.99. The number of carbonyl (C=O) groups excluding carboxylic acids is 6. The molecule has 6 aromatic rings. The molecule has 0 radical (unpaired) electrons. The average Bonchev–Trinajstić information content (AvgIpc) is 3.34. The van der Waals surface area contributed by atoms with Gasteiger partial charge in [0.05, 0.1) is 0 Å². The van der Waals surface area contributed by atoms with E-state index in [1.165, 1.54) is 60.7 Å². The first-order valence-corrected chi connectivity index (χ1v) is 20.5. The van der Waals surface area contributed by atoms with E-state index in [1.54, 1.807) is 50.3 Å². The molecule has 12 heteroatoms. The third-order valence-electron chi connectivity index (χ3n) is 8.99. The summed E-state index contributed by atoms with van der Waals surface area (Å²) >= 11 is 0.